The number of nitrogens with one attached hydrogen (secondary N) is 1. The average Bonchev–Trinajstić information content (AvgIpc) is 3.42. The maximum absolute atomic E-state index is 12.8. The van der Waals surface area contributed by atoms with E-state index in [4.69, 9.17) is 9.73 Å². The van der Waals surface area contributed by atoms with Gasteiger partial charge >= 0.3 is 6.18 Å². The van der Waals surface area contributed by atoms with Crippen molar-refractivity contribution in [2.24, 2.45) is 22.2 Å². The zero-order valence-corrected chi connectivity index (χ0v) is 21.1. The summed E-state index contributed by atoms with van der Waals surface area (Å²) in [6, 6.07) is 0.425. The summed E-state index contributed by atoms with van der Waals surface area (Å²) in [5.74, 6) is 1.78. The highest BCUT2D eigenvalue weighted by Gasteiger charge is 2.65. The Hall–Kier alpha value is -0.290. The quantitative estimate of drug-likeness (QED) is 0.303. The second kappa shape index (κ2) is 10.3. The van der Waals surface area contributed by atoms with Crippen LogP contribution in [0.4, 0.5) is 13.2 Å². The topological polar surface area (TPSA) is 40.1 Å². The molecule has 0 aromatic carbocycles. The Morgan fingerprint density at radius 1 is 1.23 bits per heavy atom. The molecule has 2 aliphatic heterocycles. The van der Waals surface area contributed by atoms with E-state index in [0.717, 1.165) is 38.5 Å². The molecule has 4 atom stereocenters. The summed E-state index contributed by atoms with van der Waals surface area (Å²) >= 11 is 0. The van der Waals surface area contributed by atoms with Gasteiger partial charge in [0.25, 0.3) is 0 Å². The minimum Gasteiger partial charge on any atom is -0.377 e. The lowest BCUT2D eigenvalue weighted by atomic mass is 9.54. The number of hydrogen-bond donors (Lipinski definition) is 1. The summed E-state index contributed by atoms with van der Waals surface area (Å²) in [6.07, 6.45) is 3.34. The minimum absolute atomic E-state index is 0. The lowest BCUT2D eigenvalue weighted by Crippen LogP contribution is -2.69. The number of hydrogen-bond acceptors (Lipinski definition) is 3. The van der Waals surface area contributed by atoms with Gasteiger partial charge in [0.15, 0.2) is 5.96 Å². The molecule has 4 fully saturated rings. The monoisotopic (exact) mass is 558 g/mol. The van der Waals surface area contributed by atoms with Gasteiger partial charge in [-0.3, -0.25) is 9.89 Å². The molecular formula is C22H38F3IN4O. The van der Waals surface area contributed by atoms with Crippen molar-refractivity contribution >= 4 is 29.9 Å². The molecular weight excluding hydrogens is 520 g/mol. The third-order valence-corrected chi connectivity index (χ3v) is 7.83. The molecule has 0 aromatic rings. The summed E-state index contributed by atoms with van der Waals surface area (Å²) in [7, 11) is 0. The molecule has 0 radical (unpaired) electrons. The molecule has 4 rings (SSSR count). The van der Waals surface area contributed by atoms with Crippen molar-refractivity contribution < 1.29 is 17.9 Å². The Bertz CT molecular complexity index is 626. The third kappa shape index (κ3) is 5.28. The molecule has 2 saturated heterocycles. The number of ether oxygens (including phenoxy) is 1. The van der Waals surface area contributed by atoms with Crippen LogP contribution in [-0.4, -0.2) is 80.0 Å². The van der Waals surface area contributed by atoms with Gasteiger partial charge in [0, 0.05) is 50.2 Å². The van der Waals surface area contributed by atoms with Crippen molar-refractivity contribution in [1.29, 1.82) is 0 Å². The number of fused-ring (bicyclic) bond motifs is 2. The molecule has 0 aromatic heterocycles. The van der Waals surface area contributed by atoms with Gasteiger partial charge in [0.2, 0.25) is 0 Å². The van der Waals surface area contributed by atoms with Crippen molar-refractivity contribution in [2.45, 2.75) is 70.7 Å². The van der Waals surface area contributed by atoms with Gasteiger partial charge in [-0.25, -0.2) is 0 Å². The predicted molar refractivity (Wildman–Crippen MR) is 127 cm³/mol. The van der Waals surface area contributed by atoms with Crippen molar-refractivity contribution in [2.75, 3.05) is 45.9 Å². The molecule has 31 heavy (non-hydrogen) atoms. The van der Waals surface area contributed by atoms with Crippen LogP contribution in [0, 0.1) is 17.3 Å². The number of halogens is 4. The van der Waals surface area contributed by atoms with Gasteiger partial charge in [-0.2, -0.15) is 13.2 Å². The fourth-order valence-corrected chi connectivity index (χ4v) is 6.53. The van der Waals surface area contributed by atoms with E-state index in [0.29, 0.717) is 37.7 Å². The number of nitrogens with zero attached hydrogens (tertiary/aromatic N) is 3. The molecule has 2 heterocycles. The highest BCUT2D eigenvalue weighted by Crippen LogP contribution is 2.60. The molecule has 4 unspecified atom stereocenters. The zero-order chi connectivity index (χ0) is 21.4. The summed E-state index contributed by atoms with van der Waals surface area (Å²) in [4.78, 5) is 8.59. The van der Waals surface area contributed by atoms with Crippen LogP contribution in [0.15, 0.2) is 4.99 Å². The first-order chi connectivity index (χ1) is 14.4. The third-order valence-electron chi connectivity index (χ3n) is 7.83. The van der Waals surface area contributed by atoms with Gasteiger partial charge in [0.1, 0.15) is 0 Å². The molecule has 2 aliphatic carbocycles. The molecule has 1 spiro atoms. The number of alkyl halides is 3. The smallest absolute Gasteiger partial charge is 0.377 e. The van der Waals surface area contributed by atoms with Crippen LogP contribution in [0.1, 0.15) is 52.4 Å². The second-order valence-corrected chi connectivity index (χ2v) is 9.65. The van der Waals surface area contributed by atoms with Crippen molar-refractivity contribution in [3.63, 3.8) is 0 Å². The van der Waals surface area contributed by atoms with E-state index >= 15 is 0 Å². The maximum Gasteiger partial charge on any atom is 0.401 e. The first-order valence-corrected chi connectivity index (χ1v) is 11.8. The van der Waals surface area contributed by atoms with Crippen LogP contribution in [0.2, 0.25) is 0 Å². The second-order valence-electron chi connectivity index (χ2n) is 9.65. The first-order valence-electron chi connectivity index (χ1n) is 11.8. The van der Waals surface area contributed by atoms with Gasteiger partial charge in [-0.05, 0) is 45.1 Å². The largest absolute Gasteiger partial charge is 0.401 e. The van der Waals surface area contributed by atoms with E-state index in [2.05, 4.69) is 10.2 Å². The Morgan fingerprint density at radius 3 is 2.61 bits per heavy atom. The molecule has 9 heteroatoms. The Balaban J connectivity index is 0.00000272. The maximum atomic E-state index is 12.8. The van der Waals surface area contributed by atoms with E-state index in [1.165, 1.54) is 30.6 Å². The summed E-state index contributed by atoms with van der Waals surface area (Å²) < 4.78 is 44.6. The van der Waals surface area contributed by atoms with E-state index in [1.54, 1.807) is 0 Å². The molecule has 1 N–H and O–H groups in total. The van der Waals surface area contributed by atoms with E-state index in [9.17, 15) is 13.2 Å². The van der Waals surface area contributed by atoms with Crippen LogP contribution < -0.4 is 5.32 Å². The van der Waals surface area contributed by atoms with Gasteiger partial charge in [0.05, 0.1) is 12.6 Å². The molecule has 2 saturated carbocycles. The SMILES string of the molecule is CCN=C(NC1C2CCOC2C12CCCC2)N1CCC(CN(CC)CC(F)(F)F)C1.I. The fourth-order valence-electron chi connectivity index (χ4n) is 6.53. The highest BCUT2D eigenvalue weighted by molar-refractivity contribution is 14.0. The van der Waals surface area contributed by atoms with E-state index in [1.807, 2.05) is 13.8 Å². The number of aliphatic imine (C=N–C) groups is 1. The fraction of sp³-hybridized carbons (Fsp3) is 0.955. The first kappa shape index (κ1) is 25.3. The van der Waals surface area contributed by atoms with Gasteiger partial charge in [-0.1, -0.05) is 19.8 Å². The van der Waals surface area contributed by atoms with Gasteiger partial charge in [-0.15, -0.1) is 24.0 Å². The average molecular weight is 558 g/mol. The lowest BCUT2D eigenvalue weighted by molar-refractivity contribution is -0.146. The van der Waals surface area contributed by atoms with Crippen LogP contribution >= 0.6 is 24.0 Å². The van der Waals surface area contributed by atoms with Gasteiger partial charge < -0.3 is 15.0 Å². The summed E-state index contributed by atoms with van der Waals surface area (Å²) in [5.41, 5.74) is 0.264. The van der Waals surface area contributed by atoms with Crippen molar-refractivity contribution in [3.05, 3.63) is 0 Å². The molecule has 180 valence electrons. The summed E-state index contributed by atoms with van der Waals surface area (Å²) in [6.45, 7) is 7.19. The van der Waals surface area contributed by atoms with Crippen molar-refractivity contribution in [3.8, 4) is 0 Å². The highest BCUT2D eigenvalue weighted by atomic mass is 127. The van der Waals surface area contributed by atoms with E-state index < -0.39 is 12.7 Å². The molecule has 5 nitrogen and oxygen atoms in total. The number of likely N-dealkylation sites (tertiary alicyclic amines) is 1. The summed E-state index contributed by atoms with van der Waals surface area (Å²) in [5, 5.41) is 3.83. The molecule has 0 amide bonds. The van der Waals surface area contributed by atoms with Crippen molar-refractivity contribution in [1.82, 2.24) is 15.1 Å². The zero-order valence-electron chi connectivity index (χ0n) is 18.8. The van der Waals surface area contributed by atoms with Crippen LogP contribution in [0.25, 0.3) is 0 Å². The van der Waals surface area contributed by atoms with E-state index in [-0.39, 0.29) is 35.3 Å². The Morgan fingerprint density at radius 2 is 1.97 bits per heavy atom. The molecule has 0 bridgehead atoms. The normalized spacial score (nSPS) is 32.3. The standard InChI is InChI=1S/C22H37F3N4O.HI/c1-3-26-20(27-18-17-8-12-30-19(17)21(18)9-5-6-10-21)29-11-7-16(14-29)13-28(4-2)15-22(23,24)25;/h16-19H,3-15H2,1-2H3,(H,26,27);1H. The van der Waals surface area contributed by atoms with Crippen LogP contribution in [0.3, 0.4) is 0 Å². The Kier molecular flexibility index (Phi) is 8.44. The minimum atomic E-state index is -4.13. The predicted octanol–water partition coefficient (Wildman–Crippen LogP) is 4.12. The van der Waals surface area contributed by atoms with Crippen LogP contribution in [-0.2, 0) is 4.74 Å². The van der Waals surface area contributed by atoms with Crippen LogP contribution in [0.5, 0.6) is 0 Å². The Labute approximate surface area is 201 Å². The number of guanidine groups is 1. The lowest BCUT2D eigenvalue weighted by Gasteiger charge is -2.57. The number of rotatable bonds is 6. The molecule has 4 aliphatic rings.